The number of carbonyl (C=O) groups excluding carboxylic acids is 2. The molecule has 126 valence electrons. The molecule has 0 aromatic carbocycles. The second kappa shape index (κ2) is 8.16. The third kappa shape index (κ3) is 5.28. The first-order valence-corrected chi connectivity index (χ1v) is 7.60. The molecular formula is C14H22N6O3. The van der Waals surface area contributed by atoms with Gasteiger partial charge in [0.25, 0.3) is 0 Å². The molecule has 2 rings (SSSR count). The molecule has 0 spiro atoms. The molecule has 3 N–H and O–H groups in total. The van der Waals surface area contributed by atoms with Crippen LogP contribution in [0.15, 0.2) is 6.07 Å². The van der Waals surface area contributed by atoms with Crippen LogP contribution in [0.5, 0.6) is 0 Å². The molecule has 1 aliphatic rings. The van der Waals surface area contributed by atoms with Crippen molar-refractivity contribution in [1.29, 1.82) is 0 Å². The van der Waals surface area contributed by atoms with Crippen LogP contribution in [-0.2, 0) is 9.53 Å². The lowest BCUT2D eigenvalue weighted by molar-refractivity contribution is -0.121. The number of aromatic nitrogens is 2. The molecule has 1 aromatic rings. The Kier molecular flexibility index (Phi) is 5.95. The Balaban J connectivity index is 1.70. The highest BCUT2D eigenvalue weighted by Gasteiger charge is 2.23. The lowest BCUT2D eigenvalue weighted by atomic mass is 10.4. The molecule has 0 unspecified atom stereocenters. The molecule has 23 heavy (non-hydrogen) atoms. The van der Waals surface area contributed by atoms with Gasteiger partial charge in [-0.15, -0.1) is 0 Å². The molecule has 0 aliphatic carbocycles. The third-order valence-corrected chi connectivity index (χ3v) is 3.12. The number of ether oxygens (including phenoxy) is 1. The van der Waals surface area contributed by atoms with Crippen molar-refractivity contribution in [2.75, 3.05) is 50.0 Å². The van der Waals surface area contributed by atoms with Crippen LogP contribution in [0, 0.1) is 6.92 Å². The van der Waals surface area contributed by atoms with Crippen molar-refractivity contribution in [3.63, 3.8) is 0 Å². The van der Waals surface area contributed by atoms with Crippen molar-refractivity contribution >= 4 is 23.8 Å². The van der Waals surface area contributed by atoms with Crippen molar-refractivity contribution in [1.82, 2.24) is 20.2 Å². The number of hydrogen-bond acceptors (Lipinski definition) is 7. The van der Waals surface area contributed by atoms with E-state index >= 15 is 0 Å². The summed E-state index contributed by atoms with van der Waals surface area (Å²) in [6, 6.07) is 1.84. The highest BCUT2D eigenvalue weighted by Crippen LogP contribution is 2.08. The minimum Gasteiger partial charge on any atom is -0.448 e. The second-order valence-electron chi connectivity index (χ2n) is 5.06. The van der Waals surface area contributed by atoms with Gasteiger partial charge in [-0.05, 0) is 13.8 Å². The van der Waals surface area contributed by atoms with Crippen LogP contribution in [0.4, 0.5) is 16.6 Å². The Labute approximate surface area is 134 Å². The topological polar surface area (TPSA) is 108 Å². The van der Waals surface area contributed by atoms with Crippen LogP contribution < -0.4 is 16.0 Å². The minimum absolute atomic E-state index is 0.0238. The molecule has 1 aliphatic heterocycles. The summed E-state index contributed by atoms with van der Waals surface area (Å²) in [7, 11) is 0. The van der Waals surface area contributed by atoms with Gasteiger partial charge in [-0.1, -0.05) is 0 Å². The van der Waals surface area contributed by atoms with E-state index in [1.165, 1.54) is 4.90 Å². The van der Waals surface area contributed by atoms with Gasteiger partial charge < -0.3 is 20.7 Å². The third-order valence-electron chi connectivity index (χ3n) is 3.12. The van der Waals surface area contributed by atoms with Crippen LogP contribution in [0.3, 0.4) is 0 Å². The summed E-state index contributed by atoms with van der Waals surface area (Å²) in [4.78, 5) is 32.9. The smallest absolute Gasteiger partial charge is 0.410 e. The average Bonchev–Trinajstić information content (AvgIpc) is 2.89. The fourth-order valence-corrected chi connectivity index (χ4v) is 2.09. The summed E-state index contributed by atoms with van der Waals surface area (Å²) in [5.41, 5.74) is 0.857. The van der Waals surface area contributed by atoms with Gasteiger partial charge in [0.1, 0.15) is 19.0 Å². The summed E-state index contributed by atoms with van der Waals surface area (Å²) in [5, 5.41) is 8.94. The van der Waals surface area contributed by atoms with Crippen LogP contribution in [0.2, 0.25) is 0 Å². The molecule has 1 fully saturated rings. The summed E-state index contributed by atoms with van der Waals surface area (Å²) >= 11 is 0. The predicted molar refractivity (Wildman–Crippen MR) is 85.4 cm³/mol. The molecule has 2 amide bonds. The van der Waals surface area contributed by atoms with Crippen molar-refractivity contribution < 1.29 is 14.3 Å². The number of amides is 2. The molecule has 1 saturated heterocycles. The monoisotopic (exact) mass is 322 g/mol. The van der Waals surface area contributed by atoms with E-state index in [2.05, 4.69) is 25.9 Å². The Morgan fingerprint density at radius 3 is 2.87 bits per heavy atom. The molecule has 0 saturated carbocycles. The van der Waals surface area contributed by atoms with Gasteiger partial charge in [-0.2, -0.15) is 4.98 Å². The zero-order valence-corrected chi connectivity index (χ0v) is 13.4. The lowest BCUT2D eigenvalue weighted by Crippen LogP contribution is -2.39. The van der Waals surface area contributed by atoms with E-state index in [0.717, 1.165) is 12.2 Å². The molecule has 0 radical (unpaired) electrons. The van der Waals surface area contributed by atoms with E-state index in [4.69, 9.17) is 4.74 Å². The van der Waals surface area contributed by atoms with E-state index in [9.17, 15) is 9.59 Å². The lowest BCUT2D eigenvalue weighted by Gasteiger charge is -2.13. The first-order chi connectivity index (χ1) is 11.1. The Morgan fingerprint density at radius 1 is 1.35 bits per heavy atom. The second-order valence-corrected chi connectivity index (χ2v) is 5.06. The summed E-state index contributed by atoms with van der Waals surface area (Å²) in [5.74, 6) is 1.07. The SMILES string of the molecule is CCNc1nc(C)cc(NCCNC(=O)CN2CCOC2=O)n1. The van der Waals surface area contributed by atoms with E-state index in [-0.39, 0.29) is 12.5 Å². The number of anilines is 2. The van der Waals surface area contributed by atoms with E-state index in [1.807, 2.05) is 19.9 Å². The molecule has 9 heteroatoms. The number of hydrogen-bond donors (Lipinski definition) is 3. The molecule has 2 heterocycles. The van der Waals surface area contributed by atoms with Crippen LogP contribution in [0.25, 0.3) is 0 Å². The van der Waals surface area contributed by atoms with Gasteiger partial charge in [-0.3, -0.25) is 9.69 Å². The van der Waals surface area contributed by atoms with E-state index < -0.39 is 6.09 Å². The number of cyclic esters (lactones) is 1. The van der Waals surface area contributed by atoms with Crippen molar-refractivity contribution in [3.8, 4) is 0 Å². The molecular weight excluding hydrogens is 300 g/mol. The van der Waals surface area contributed by atoms with Gasteiger partial charge >= 0.3 is 6.09 Å². The minimum atomic E-state index is -0.439. The zero-order chi connectivity index (χ0) is 16.7. The number of nitrogens with one attached hydrogen (secondary N) is 3. The Morgan fingerprint density at radius 2 is 2.17 bits per heavy atom. The molecule has 9 nitrogen and oxygen atoms in total. The largest absolute Gasteiger partial charge is 0.448 e. The van der Waals surface area contributed by atoms with Crippen LogP contribution >= 0.6 is 0 Å². The fourth-order valence-electron chi connectivity index (χ4n) is 2.09. The summed E-state index contributed by atoms with van der Waals surface area (Å²) < 4.78 is 4.77. The standard InChI is InChI=1S/C14H22N6O3/c1-3-15-13-18-10(2)8-11(19-13)16-4-5-17-12(21)9-20-6-7-23-14(20)22/h8H,3-7,9H2,1-2H3,(H,17,21)(H2,15,16,18,19). The maximum Gasteiger partial charge on any atom is 0.410 e. The molecule has 0 atom stereocenters. The highest BCUT2D eigenvalue weighted by molar-refractivity contribution is 5.82. The average molecular weight is 322 g/mol. The van der Waals surface area contributed by atoms with Crippen molar-refractivity contribution in [3.05, 3.63) is 11.8 Å². The normalized spacial score (nSPS) is 13.7. The van der Waals surface area contributed by atoms with Crippen molar-refractivity contribution in [2.24, 2.45) is 0 Å². The van der Waals surface area contributed by atoms with E-state index in [0.29, 0.717) is 38.0 Å². The number of rotatable bonds is 8. The summed E-state index contributed by atoms with van der Waals surface area (Å²) in [6.07, 6.45) is -0.439. The summed E-state index contributed by atoms with van der Waals surface area (Å²) in [6.45, 7) is 6.40. The quantitative estimate of drug-likeness (QED) is 0.587. The number of carbonyl (C=O) groups is 2. The fraction of sp³-hybridized carbons (Fsp3) is 0.571. The Hall–Kier alpha value is -2.58. The van der Waals surface area contributed by atoms with Gasteiger partial charge in [0.2, 0.25) is 11.9 Å². The molecule has 1 aromatic heterocycles. The van der Waals surface area contributed by atoms with E-state index in [1.54, 1.807) is 0 Å². The highest BCUT2D eigenvalue weighted by atomic mass is 16.6. The van der Waals surface area contributed by atoms with Crippen molar-refractivity contribution in [2.45, 2.75) is 13.8 Å². The number of nitrogens with zero attached hydrogens (tertiary/aromatic N) is 3. The first kappa shape index (κ1) is 16.8. The zero-order valence-electron chi connectivity index (χ0n) is 13.4. The van der Waals surface area contributed by atoms with Gasteiger partial charge in [0.05, 0.1) is 6.54 Å². The van der Waals surface area contributed by atoms with Crippen LogP contribution in [-0.4, -0.2) is 66.2 Å². The maximum absolute atomic E-state index is 11.7. The van der Waals surface area contributed by atoms with Gasteiger partial charge in [-0.25, -0.2) is 9.78 Å². The Bertz CT molecular complexity index is 565. The molecule has 0 bridgehead atoms. The number of aryl methyl sites for hydroxylation is 1. The predicted octanol–water partition coefficient (Wildman–Crippen LogP) is 0.197. The maximum atomic E-state index is 11.7. The first-order valence-electron chi connectivity index (χ1n) is 7.60. The van der Waals surface area contributed by atoms with Gasteiger partial charge in [0, 0.05) is 31.4 Å². The van der Waals surface area contributed by atoms with Crippen LogP contribution in [0.1, 0.15) is 12.6 Å². The van der Waals surface area contributed by atoms with Gasteiger partial charge in [0.15, 0.2) is 0 Å².